The summed E-state index contributed by atoms with van der Waals surface area (Å²) in [5.74, 6) is -0.563. The molecular weight excluding hydrogens is 172 g/mol. The molecule has 0 aliphatic carbocycles. The third-order valence-electron chi connectivity index (χ3n) is 1.56. The van der Waals surface area contributed by atoms with Gasteiger partial charge in [-0.05, 0) is 26.3 Å². The SMILES string of the molecule is CC(O)OC(=O)[C@@H](N)CCCCN. The Bertz CT molecular complexity index is 150. The van der Waals surface area contributed by atoms with Gasteiger partial charge in [-0.3, -0.25) is 4.79 Å². The molecule has 5 nitrogen and oxygen atoms in total. The molecule has 2 atom stereocenters. The minimum absolute atomic E-state index is 0.544. The summed E-state index contributed by atoms with van der Waals surface area (Å²) < 4.78 is 4.50. The second-order valence-corrected chi connectivity index (χ2v) is 2.93. The van der Waals surface area contributed by atoms with Gasteiger partial charge in [0.1, 0.15) is 6.04 Å². The molecule has 0 saturated carbocycles. The topological polar surface area (TPSA) is 98.6 Å². The molecule has 0 fully saturated rings. The van der Waals surface area contributed by atoms with E-state index < -0.39 is 18.3 Å². The predicted molar refractivity (Wildman–Crippen MR) is 48.7 cm³/mol. The van der Waals surface area contributed by atoms with Crippen molar-refractivity contribution in [3.05, 3.63) is 0 Å². The number of rotatable bonds is 6. The van der Waals surface area contributed by atoms with Crippen LogP contribution in [0.15, 0.2) is 0 Å². The summed E-state index contributed by atoms with van der Waals surface area (Å²) in [5.41, 5.74) is 10.8. The van der Waals surface area contributed by atoms with Gasteiger partial charge in [0.15, 0.2) is 6.29 Å². The van der Waals surface area contributed by atoms with Crippen LogP contribution in [0.2, 0.25) is 0 Å². The van der Waals surface area contributed by atoms with Crippen molar-refractivity contribution in [1.82, 2.24) is 0 Å². The molecule has 78 valence electrons. The van der Waals surface area contributed by atoms with Crippen LogP contribution in [0.5, 0.6) is 0 Å². The van der Waals surface area contributed by atoms with Crippen molar-refractivity contribution in [2.75, 3.05) is 6.54 Å². The van der Waals surface area contributed by atoms with E-state index in [0.29, 0.717) is 13.0 Å². The van der Waals surface area contributed by atoms with Crippen LogP contribution in [-0.2, 0) is 9.53 Å². The van der Waals surface area contributed by atoms with Crippen LogP contribution in [0, 0.1) is 0 Å². The number of unbranched alkanes of at least 4 members (excludes halogenated alkanes) is 1. The van der Waals surface area contributed by atoms with E-state index in [1.807, 2.05) is 0 Å². The molecule has 0 saturated heterocycles. The summed E-state index contributed by atoms with van der Waals surface area (Å²) in [4.78, 5) is 11.0. The lowest BCUT2D eigenvalue weighted by molar-refractivity contribution is -0.166. The van der Waals surface area contributed by atoms with E-state index in [9.17, 15) is 4.79 Å². The standard InChI is InChI=1S/C8H18N2O3/c1-6(11)13-8(12)7(10)4-2-3-5-9/h6-7,11H,2-5,9-10H2,1H3/t6?,7-/m0/s1. The lowest BCUT2D eigenvalue weighted by atomic mass is 10.1. The van der Waals surface area contributed by atoms with Gasteiger partial charge in [-0.15, -0.1) is 0 Å². The van der Waals surface area contributed by atoms with Crippen molar-refractivity contribution >= 4 is 5.97 Å². The van der Waals surface area contributed by atoms with Gasteiger partial charge in [0.2, 0.25) is 0 Å². The highest BCUT2D eigenvalue weighted by Crippen LogP contribution is 2.00. The molecule has 0 aromatic carbocycles. The van der Waals surface area contributed by atoms with Crippen LogP contribution in [0.25, 0.3) is 0 Å². The first-order chi connectivity index (χ1) is 6.07. The van der Waals surface area contributed by atoms with Gasteiger partial charge in [0, 0.05) is 0 Å². The smallest absolute Gasteiger partial charge is 0.325 e. The number of hydrogen-bond acceptors (Lipinski definition) is 5. The minimum Gasteiger partial charge on any atom is -0.435 e. The predicted octanol–water partition coefficient (Wildman–Crippen LogP) is -0.676. The fourth-order valence-electron chi connectivity index (χ4n) is 0.882. The van der Waals surface area contributed by atoms with Gasteiger partial charge in [-0.25, -0.2) is 0 Å². The maximum atomic E-state index is 11.0. The summed E-state index contributed by atoms with van der Waals surface area (Å²) >= 11 is 0. The average Bonchev–Trinajstić information content (AvgIpc) is 2.03. The van der Waals surface area contributed by atoms with Gasteiger partial charge in [-0.2, -0.15) is 0 Å². The molecule has 0 aromatic heterocycles. The van der Waals surface area contributed by atoms with E-state index in [4.69, 9.17) is 16.6 Å². The molecule has 0 aliphatic rings. The molecular formula is C8H18N2O3. The van der Waals surface area contributed by atoms with Gasteiger partial charge in [0.25, 0.3) is 0 Å². The zero-order valence-electron chi connectivity index (χ0n) is 7.90. The van der Waals surface area contributed by atoms with Crippen LogP contribution < -0.4 is 11.5 Å². The summed E-state index contributed by atoms with van der Waals surface area (Å²) in [5, 5.41) is 8.72. The molecule has 0 bridgehead atoms. The normalized spacial score (nSPS) is 15.1. The fraction of sp³-hybridized carbons (Fsp3) is 0.875. The molecule has 5 N–H and O–H groups in total. The summed E-state index contributed by atoms with van der Waals surface area (Å²) in [6, 6.07) is -0.652. The molecule has 0 rings (SSSR count). The highest BCUT2D eigenvalue weighted by atomic mass is 16.6. The molecule has 0 heterocycles. The van der Waals surface area contributed by atoms with Crippen LogP contribution >= 0.6 is 0 Å². The molecule has 5 heteroatoms. The Morgan fingerprint density at radius 3 is 2.62 bits per heavy atom. The highest BCUT2D eigenvalue weighted by Gasteiger charge is 2.15. The van der Waals surface area contributed by atoms with E-state index in [-0.39, 0.29) is 0 Å². The first-order valence-electron chi connectivity index (χ1n) is 4.42. The van der Waals surface area contributed by atoms with Crippen molar-refractivity contribution in [3.8, 4) is 0 Å². The number of carbonyl (C=O) groups excluding carboxylic acids is 1. The third-order valence-corrected chi connectivity index (χ3v) is 1.56. The molecule has 0 radical (unpaired) electrons. The molecule has 0 aromatic rings. The van der Waals surface area contributed by atoms with Crippen molar-refractivity contribution in [3.63, 3.8) is 0 Å². The van der Waals surface area contributed by atoms with E-state index in [1.54, 1.807) is 0 Å². The number of ether oxygens (including phenoxy) is 1. The average molecular weight is 190 g/mol. The summed E-state index contributed by atoms with van der Waals surface area (Å²) in [7, 11) is 0. The van der Waals surface area contributed by atoms with E-state index in [1.165, 1.54) is 6.92 Å². The van der Waals surface area contributed by atoms with E-state index in [2.05, 4.69) is 4.74 Å². The lowest BCUT2D eigenvalue weighted by Crippen LogP contribution is -2.34. The van der Waals surface area contributed by atoms with Gasteiger partial charge in [-0.1, -0.05) is 6.42 Å². The van der Waals surface area contributed by atoms with Crippen LogP contribution in [0.3, 0.4) is 0 Å². The minimum atomic E-state index is -1.09. The van der Waals surface area contributed by atoms with Crippen molar-refractivity contribution in [1.29, 1.82) is 0 Å². The Kier molecular flexibility index (Phi) is 6.48. The molecule has 0 aliphatic heterocycles. The summed E-state index contributed by atoms with van der Waals surface area (Å²) in [6.45, 7) is 1.96. The lowest BCUT2D eigenvalue weighted by Gasteiger charge is -2.12. The first kappa shape index (κ1) is 12.3. The Labute approximate surface area is 78.0 Å². The molecule has 13 heavy (non-hydrogen) atoms. The second-order valence-electron chi connectivity index (χ2n) is 2.93. The van der Waals surface area contributed by atoms with Gasteiger partial charge >= 0.3 is 5.97 Å². The van der Waals surface area contributed by atoms with Crippen LogP contribution in [-0.4, -0.2) is 30.0 Å². The number of aliphatic hydroxyl groups excluding tert-OH is 1. The maximum absolute atomic E-state index is 11.0. The van der Waals surface area contributed by atoms with Crippen LogP contribution in [0.4, 0.5) is 0 Å². The quantitative estimate of drug-likeness (QED) is 0.293. The second kappa shape index (κ2) is 6.82. The Morgan fingerprint density at radius 1 is 1.54 bits per heavy atom. The Balaban J connectivity index is 3.57. The number of esters is 1. The number of nitrogens with two attached hydrogens (primary N) is 2. The van der Waals surface area contributed by atoms with Crippen LogP contribution in [0.1, 0.15) is 26.2 Å². The van der Waals surface area contributed by atoms with E-state index >= 15 is 0 Å². The Hall–Kier alpha value is -0.650. The molecule has 0 amide bonds. The number of aliphatic hydroxyl groups is 1. The maximum Gasteiger partial charge on any atom is 0.325 e. The van der Waals surface area contributed by atoms with Crippen molar-refractivity contribution in [2.45, 2.75) is 38.5 Å². The first-order valence-corrected chi connectivity index (χ1v) is 4.42. The fourth-order valence-corrected chi connectivity index (χ4v) is 0.882. The zero-order chi connectivity index (χ0) is 10.3. The Morgan fingerprint density at radius 2 is 2.15 bits per heavy atom. The summed E-state index contributed by atoms with van der Waals surface area (Å²) in [6.07, 6.45) is 1.10. The largest absolute Gasteiger partial charge is 0.435 e. The molecule has 0 spiro atoms. The van der Waals surface area contributed by atoms with E-state index in [0.717, 1.165) is 12.8 Å². The monoisotopic (exact) mass is 190 g/mol. The van der Waals surface area contributed by atoms with Crippen molar-refractivity contribution in [2.24, 2.45) is 11.5 Å². The number of hydrogen-bond donors (Lipinski definition) is 3. The molecule has 1 unspecified atom stereocenters. The third kappa shape index (κ3) is 6.51. The van der Waals surface area contributed by atoms with Gasteiger partial charge in [0.05, 0.1) is 0 Å². The zero-order valence-corrected chi connectivity index (χ0v) is 7.90. The number of carbonyl (C=O) groups is 1. The highest BCUT2D eigenvalue weighted by molar-refractivity contribution is 5.75. The van der Waals surface area contributed by atoms with Crippen molar-refractivity contribution < 1.29 is 14.6 Å². The van der Waals surface area contributed by atoms with Gasteiger partial charge < -0.3 is 21.3 Å².